The van der Waals surface area contributed by atoms with E-state index in [9.17, 15) is 0 Å². The maximum absolute atomic E-state index is 6.01. The Bertz CT molecular complexity index is 328. The number of nitrogens with two attached hydrogens (primary N) is 1. The lowest BCUT2D eigenvalue weighted by atomic mass is 9.82. The third kappa shape index (κ3) is 3.20. The van der Waals surface area contributed by atoms with Crippen LogP contribution in [0.15, 0.2) is 18.5 Å². The average Bonchev–Trinajstić information content (AvgIpc) is 2.19. The molecule has 1 rings (SSSR count). The summed E-state index contributed by atoms with van der Waals surface area (Å²) in [5, 5.41) is 3.55. The number of pyridine rings is 1. The van der Waals surface area contributed by atoms with Crippen LogP contribution in [0.3, 0.4) is 0 Å². The Kier molecular flexibility index (Phi) is 4.30. The van der Waals surface area contributed by atoms with Gasteiger partial charge in [-0.2, -0.15) is 0 Å². The minimum Gasteiger partial charge on any atom is -0.398 e. The molecule has 0 aliphatic carbocycles. The van der Waals surface area contributed by atoms with Crippen LogP contribution in [0.1, 0.15) is 45.7 Å². The normalized spacial score (nSPS) is 13.8. The van der Waals surface area contributed by atoms with E-state index >= 15 is 0 Å². The zero-order chi connectivity index (χ0) is 12.2. The van der Waals surface area contributed by atoms with Gasteiger partial charge in [-0.05, 0) is 24.4 Å². The van der Waals surface area contributed by atoms with Crippen LogP contribution >= 0.6 is 0 Å². The van der Waals surface area contributed by atoms with Crippen molar-refractivity contribution < 1.29 is 0 Å². The molecule has 0 aliphatic heterocycles. The quantitative estimate of drug-likeness (QED) is 0.822. The first-order chi connectivity index (χ1) is 7.46. The number of nitrogens with one attached hydrogen (secondary N) is 1. The van der Waals surface area contributed by atoms with Crippen LogP contribution < -0.4 is 11.1 Å². The molecule has 0 aromatic carbocycles. The molecule has 0 aliphatic rings. The highest BCUT2D eigenvalue weighted by Crippen LogP contribution is 2.34. The summed E-state index contributed by atoms with van der Waals surface area (Å²) < 4.78 is 0. The lowest BCUT2D eigenvalue weighted by molar-refractivity contribution is 0.273. The number of rotatable bonds is 4. The SMILES string of the molecule is CCCNC(c1cnccc1N)C(C)(C)C. The average molecular weight is 221 g/mol. The summed E-state index contributed by atoms with van der Waals surface area (Å²) in [6, 6.07) is 2.11. The smallest absolute Gasteiger partial charge is 0.0405 e. The molecular formula is C13H23N3. The van der Waals surface area contributed by atoms with E-state index in [2.05, 4.69) is 38.0 Å². The largest absolute Gasteiger partial charge is 0.398 e. The van der Waals surface area contributed by atoms with Crippen LogP contribution in [-0.2, 0) is 0 Å². The van der Waals surface area contributed by atoms with Crippen LogP contribution in [0, 0.1) is 5.41 Å². The van der Waals surface area contributed by atoms with Crippen molar-refractivity contribution in [2.24, 2.45) is 5.41 Å². The van der Waals surface area contributed by atoms with Gasteiger partial charge in [-0.1, -0.05) is 27.7 Å². The fourth-order valence-electron chi connectivity index (χ4n) is 1.83. The van der Waals surface area contributed by atoms with Gasteiger partial charge in [0.15, 0.2) is 0 Å². The molecule has 3 heteroatoms. The molecule has 0 amide bonds. The predicted molar refractivity (Wildman–Crippen MR) is 69.1 cm³/mol. The van der Waals surface area contributed by atoms with Crippen LogP contribution in [0.4, 0.5) is 5.69 Å². The number of hydrogen-bond donors (Lipinski definition) is 2. The Morgan fingerprint density at radius 3 is 2.62 bits per heavy atom. The Labute approximate surface area is 98.5 Å². The molecule has 0 saturated carbocycles. The number of aromatic nitrogens is 1. The van der Waals surface area contributed by atoms with Gasteiger partial charge < -0.3 is 11.1 Å². The third-order valence-electron chi connectivity index (χ3n) is 2.66. The minimum atomic E-state index is 0.131. The van der Waals surface area contributed by atoms with Crippen molar-refractivity contribution >= 4 is 5.69 Å². The third-order valence-corrected chi connectivity index (χ3v) is 2.66. The molecule has 0 saturated heterocycles. The molecule has 0 spiro atoms. The molecule has 0 fully saturated rings. The van der Waals surface area contributed by atoms with E-state index in [0.29, 0.717) is 0 Å². The first-order valence-corrected chi connectivity index (χ1v) is 5.89. The van der Waals surface area contributed by atoms with Crippen LogP contribution in [0.25, 0.3) is 0 Å². The standard InChI is InChI=1S/C13H23N3/c1-5-7-16-12(13(2,3)4)10-9-15-8-6-11(10)14/h6,8-9,12,16H,5,7H2,1-4H3,(H2,14,15). The molecule has 1 aromatic rings. The number of nitrogens with zero attached hydrogens (tertiary/aromatic N) is 1. The second kappa shape index (κ2) is 5.30. The van der Waals surface area contributed by atoms with E-state index in [1.165, 1.54) is 0 Å². The van der Waals surface area contributed by atoms with Gasteiger partial charge in [0, 0.05) is 29.7 Å². The van der Waals surface area contributed by atoms with Gasteiger partial charge in [-0.15, -0.1) is 0 Å². The highest BCUT2D eigenvalue weighted by atomic mass is 14.9. The van der Waals surface area contributed by atoms with E-state index in [1.807, 2.05) is 12.3 Å². The predicted octanol–water partition coefficient (Wildman–Crippen LogP) is 2.75. The molecule has 0 bridgehead atoms. The Morgan fingerprint density at radius 2 is 2.12 bits per heavy atom. The molecule has 90 valence electrons. The maximum atomic E-state index is 6.01. The van der Waals surface area contributed by atoms with Crippen molar-refractivity contribution in [3.63, 3.8) is 0 Å². The van der Waals surface area contributed by atoms with Crippen molar-refractivity contribution in [3.8, 4) is 0 Å². The topological polar surface area (TPSA) is 50.9 Å². The van der Waals surface area contributed by atoms with E-state index < -0.39 is 0 Å². The highest BCUT2D eigenvalue weighted by molar-refractivity contribution is 5.46. The molecule has 1 aromatic heterocycles. The Hall–Kier alpha value is -1.09. The summed E-state index contributed by atoms with van der Waals surface area (Å²) in [6.07, 6.45) is 4.72. The molecule has 3 nitrogen and oxygen atoms in total. The van der Waals surface area contributed by atoms with E-state index in [0.717, 1.165) is 24.2 Å². The summed E-state index contributed by atoms with van der Waals surface area (Å²) in [7, 11) is 0. The maximum Gasteiger partial charge on any atom is 0.0405 e. The van der Waals surface area contributed by atoms with Gasteiger partial charge in [0.1, 0.15) is 0 Å². The lowest BCUT2D eigenvalue weighted by Gasteiger charge is -2.32. The van der Waals surface area contributed by atoms with Gasteiger partial charge in [-0.3, -0.25) is 4.98 Å². The second-order valence-corrected chi connectivity index (χ2v) is 5.26. The number of anilines is 1. The minimum absolute atomic E-state index is 0.131. The summed E-state index contributed by atoms with van der Waals surface area (Å²) in [5.74, 6) is 0. The van der Waals surface area contributed by atoms with E-state index in [4.69, 9.17) is 5.73 Å². The molecule has 1 unspecified atom stereocenters. The molecule has 1 atom stereocenters. The van der Waals surface area contributed by atoms with Crippen molar-refractivity contribution in [1.82, 2.24) is 10.3 Å². The lowest BCUT2D eigenvalue weighted by Crippen LogP contribution is -2.33. The Balaban J connectivity index is 2.97. The summed E-state index contributed by atoms with van der Waals surface area (Å²) in [4.78, 5) is 4.17. The molecular weight excluding hydrogens is 198 g/mol. The van der Waals surface area contributed by atoms with Gasteiger partial charge in [0.2, 0.25) is 0 Å². The number of hydrogen-bond acceptors (Lipinski definition) is 3. The van der Waals surface area contributed by atoms with Gasteiger partial charge >= 0.3 is 0 Å². The number of nitrogen functional groups attached to an aromatic ring is 1. The molecule has 1 heterocycles. The van der Waals surface area contributed by atoms with Crippen LogP contribution in [-0.4, -0.2) is 11.5 Å². The summed E-state index contributed by atoms with van der Waals surface area (Å²) >= 11 is 0. The van der Waals surface area contributed by atoms with Crippen LogP contribution in [0.2, 0.25) is 0 Å². The monoisotopic (exact) mass is 221 g/mol. The fourth-order valence-corrected chi connectivity index (χ4v) is 1.83. The first-order valence-electron chi connectivity index (χ1n) is 5.89. The molecule has 3 N–H and O–H groups in total. The van der Waals surface area contributed by atoms with E-state index in [-0.39, 0.29) is 11.5 Å². The van der Waals surface area contributed by atoms with Crippen LogP contribution in [0.5, 0.6) is 0 Å². The van der Waals surface area contributed by atoms with Crippen molar-refractivity contribution in [1.29, 1.82) is 0 Å². The summed E-state index contributed by atoms with van der Waals surface area (Å²) in [5.41, 5.74) is 8.06. The Morgan fingerprint density at radius 1 is 1.44 bits per heavy atom. The van der Waals surface area contributed by atoms with Crippen molar-refractivity contribution in [2.75, 3.05) is 12.3 Å². The summed E-state index contributed by atoms with van der Waals surface area (Å²) in [6.45, 7) is 9.81. The highest BCUT2D eigenvalue weighted by Gasteiger charge is 2.27. The zero-order valence-electron chi connectivity index (χ0n) is 10.7. The molecule has 16 heavy (non-hydrogen) atoms. The zero-order valence-corrected chi connectivity index (χ0v) is 10.7. The fraction of sp³-hybridized carbons (Fsp3) is 0.615. The first kappa shape index (κ1) is 13.0. The van der Waals surface area contributed by atoms with Crippen molar-refractivity contribution in [3.05, 3.63) is 24.0 Å². The van der Waals surface area contributed by atoms with Gasteiger partial charge in [0.25, 0.3) is 0 Å². The van der Waals surface area contributed by atoms with Gasteiger partial charge in [0.05, 0.1) is 0 Å². The van der Waals surface area contributed by atoms with Gasteiger partial charge in [-0.25, -0.2) is 0 Å². The molecule has 0 radical (unpaired) electrons. The van der Waals surface area contributed by atoms with Crippen molar-refractivity contribution in [2.45, 2.75) is 40.2 Å². The van der Waals surface area contributed by atoms with E-state index in [1.54, 1.807) is 6.20 Å². The second-order valence-electron chi connectivity index (χ2n) is 5.26.